The van der Waals surface area contributed by atoms with Gasteiger partial charge in [0.05, 0.1) is 6.54 Å². The van der Waals surface area contributed by atoms with Crippen LogP contribution in [0.3, 0.4) is 0 Å². The maximum Gasteiger partial charge on any atom is 0.321 e. The first-order valence-electron chi connectivity index (χ1n) is 9.04. The first-order valence-corrected chi connectivity index (χ1v) is 9.04. The van der Waals surface area contributed by atoms with Crippen molar-refractivity contribution in [3.8, 4) is 11.5 Å². The quantitative estimate of drug-likeness (QED) is 0.756. The molecule has 9 heteroatoms. The molecule has 1 aromatic rings. The van der Waals surface area contributed by atoms with Crippen LogP contribution in [0.25, 0.3) is 0 Å². The summed E-state index contributed by atoms with van der Waals surface area (Å²) in [6.45, 7) is 4.64. The number of fused-ring (bicyclic) bond motifs is 1. The monoisotopic (exact) mass is 376 g/mol. The van der Waals surface area contributed by atoms with Crippen LogP contribution in [0.5, 0.6) is 11.5 Å². The van der Waals surface area contributed by atoms with Crippen LogP contribution >= 0.6 is 0 Å². The Hall–Kier alpha value is -2.81. The lowest BCUT2D eigenvalue weighted by molar-refractivity contribution is -0.143. The Bertz CT molecular complexity index is 703. The van der Waals surface area contributed by atoms with E-state index in [0.29, 0.717) is 44.2 Å². The molecular formula is C18H24N4O5. The number of imide groups is 1. The molecule has 3 rings (SSSR count). The van der Waals surface area contributed by atoms with Crippen molar-refractivity contribution in [1.82, 2.24) is 20.4 Å². The molecular weight excluding hydrogens is 352 g/mol. The molecule has 1 atom stereocenters. The lowest BCUT2D eigenvalue weighted by Crippen LogP contribution is -2.55. The van der Waals surface area contributed by atoms with Crippen LogP contribution in [-0.2, 0) is 9.59 Å². The van der Waals surface area contributed by atoms with E-state index >= 15 is 0 Å². The highest BCUT2D eigenvalue weighted by molar-refractivity contribution is 5.95. The molecule has 4 amide bonds. The molecule has 0 aliphatic carbocycles. The van der Waals surface area contributed by atoms with Crippen molar-refractivity contribution in [2.24, 2.45) is 0 Å². The first-order chi connectivity index (χ1) is 13.1. The van der Waals surface area contributed by atoms with Gasteiger partial charge in [-0.2, -0.15) is 0 Å². The SMILES string of the molecule is CCNC(=O)NC(=O)CN1CCN(C(=O)[C@@H]2COc3ccccc3O2)CC1. The summed E-state index contributed by atoms with van der Waals surface area (Å²) in [5.41, 5.74) is 0. The van der Waals surface area contributed by atoms with Crippen LogP contribution in [-0.4, -0.2) is 79.6 Å². The van der Waals surface area contributed by atoms with E-state index in [1.165, 1.54) is 0 Å². The number of piperazine rings is 1. The Balaban J connectivity index is 1.44. The van der Waals surface area contributed by atoms with Gasteiger partial charge < -0.3 is 19.7 Å². The van der Waals surface area contributed by atoms with Gasteiger partial charge in [0, 0.05) is 32.7 Å². The van der Waals surface area contributed by atoms with Crippen LogP contribution in [0.4, 0.5) is 4.79 Å². The molecule has 0 unspecified atom stereocenters. The van der Waals surface area contributed by atoms with E-state index in [4.69, 9.17) is 9.47 Å². The zero-order chi connectivity index (χ0) is 19.2. The molecule has 9 nitrogen and oxygen atoms in total. The molecule has 2 aliphatic heterocycles. The number of urea groups is 1. The number of carbonyl (C=O) groups excluding carboxylic acids is 3. The maximum absolute atomic E-state index is 12.7. The van der Waals surface area contributed by atoms with Crippen molar-refractivity contribution >= 4 is 17.8 Å². The third-order valence-corrected chi connectivity index (χ3v) is 4.43. The Morgan fingerprint density at radius 2 is 1.81 bits per heavy atom. The third-order valence-electron chi connectivity index (χ3n) is 4.43. The fraction of sp³-hybridized carbons (Fsp3) is 0.500. The molecule has 0 saturated carbocycles. The summed E-state index contributed by atoms with van der Waals surface area (Å²) in [6, 6.07) is 6.78. The normalized spacial score (nSPS) is 19.3. The van der Waals surface area contributed by atoms with Gasteiger partial charge in [-0.3, -0.25) is 19.8 Å². The molecule has 1 fully saturated rings. The Morgan fingerprint density at radius 3 is 2.52 bits per heavy atom. The van der Waals surface area contributed by atoms with Crippen LogP contribution < -0.4 is 20.1 Å². The summed E-state index contributed by atoms with van der Waals surface area (Å²) < 4.78 is 11.4. The predicted octanol–water partition coefficient (Wildman–Crippen LogP) is -0.184. The van der Waals surface area contributed by atoms with Gasteiger partial charge in [0.1, 0.15) is 6.61 Å². The number of amides is 4. The fourth-order valence-corrected chi connectivity index (χ4v) is 3.05. The number of benzene rings is 1. The second kappa shape index (κ2) is 8.72. The summed E-state index contributed by atoms with van der Waals surface area (Å²) in [6.07, 6.45) is -0.660. The Labute approximate surface area is 157 Å². The minimum atomic E-state index is -0.660. The zero-order valence-electron chi connectivity index (χ0n) is 15.3. The largest absolute Gasteiger partial charge is 0.485 e. The van der Waals surface area contributed by atoms with Gasteiger partial charge in [0.2, 0.25) is 12.0 Å². The number of para-hydroxylation sites is 2. The smallest absolute Gasteiger partial charge is 0.321 e. The highest BCUT2D eigenvalue weighted by Gasteiger charge is 2.32. The van der Waals surface area contributed by atoms with Crippen molar-refractivity contribution in [2.75, 3.05) is 45.9 Å². The van der Waals surface area contributed by atoms with Crippen molar-refractivity contribution in [3.05, 3.63) is 24.3 Å². The number of hydrogen-bond acceptors (Lipinski definition) is 6. The molecule has 2 aliphatic rings. The van der Waals surface area contributed by atoms with Crippen molar-refractivity contribution in [3.63, 3.8) is 0 Å². The highest BCUT2D eigenvalue weighted by Crippen LogP contribution is 2.31. The van der Waals surface area contributed by atoms with Gasteiger partial charge >= 0.3 is 6.03 Å². The second-order valence-corrected chi connectivity index (χ2v) is 6.37. The summed E-state index contributed by atoms with van der Waals surface area (Å²) in [5, 5.41) is 4.79. The van der Waals surface area contributed by atoms with Gasteiger partial charge in [0.15, 0.2) is 11.5 Å². The van der Waals surface area contributed by atoms with Gasteiger partial charge in [-0.15, -0.1) is 0 Å². The lowest BCUT2D eigenvalue weighted by atomic mass is 10.2. The summed E-state index contributed by atoms with van der Waals surface area (Å²) in [7, 11) is 0. The van der Waals surface area contributed by atoms with Crippen molar-refractivity contribution in [1.29, 1.82) is 0 Å². The van der Waals surface area contributed by atoms with E-state index in [1.54, 1.807) is 24.0 Å². The van der Waals surface area contributed by atoms with Gasteiger partial charge in [-0.05, 0) is 19.1 Å². The zero-order valence-corrected chi connectivity index (χ0v) is 15.3. The first kappa shape index (κ1) is 19.0. The second-order valence-electron chi connectivity index (χ2n) is 6.37. The van der Waals surface area contributed by atoms with E-state index in [-0.39, 0.29) is 25.0 Å². The van der Waals surface area contributed by atoms with Gasteiger partial charge in [-0.1, -0.05) is 12.1 Å². The Morgan fingerprint density at radius 1 is 1.11 bits per heavy atom. The van der Waals surface area contributed by atoms with E-state index in [1.807, 2.05) is 17.0 Å². The number of nitrogens with zero attached hydrogens (tertiary/aromatic N) is 2. The molecule has 0 aromatic heterocycles. The minimum absolute atomic E-state index is 0.115. The van der Waals surface area contributed by atoms with E-state index in [0.717, 1.165) is 0 Å². The summed E-state index contributed by atoms with van der Waals surface area (Å²) in [5.74, 6) is 0.740. The van der Waals surface area contributed by atoms with E-state index in [9.17, 15) is 14.4 Å². The lowest BCUT2D eigenvalue weighted by Gasteiger charge is -2.36. The molecule has 0 bridgehead atoms. The summed E-state index contributed by atoms with van der Waals surface area (Å²) >= 11 is 0. The number of carbonyl (C=O) groups is 3. The molecule has 2 N–H and O–H groups in total. The molecule has 2 heterocycles. The average molecular weight is 376 g/mol. The maximum atomic E-state index is 12.7. The Kier molecular flexibility index (Phi) is 6.12. The predicted molar refractivity (Wildman–Crippen MR) is 96.6 cm³/mol. The van der Waals surface area contributed by atoms with Crippen LogP contribution in [0, 0.1) is 0 Å². The molecule has 1 aromatic carbocycles. The molecule has 146 valence electrons. The number of rotatable bonds is 4. The molecule has 1 saturated heterocycles. The third kappa shape index (κ3) is 4.88. The van der Waals surface area contributed by atoms with Gasteiger partial charge in [-0.25, -0.2) is 4.79 Å². The number of hydrogen-bond donors (Lipinski definition) is 2. The molecule has 0 spiro atoms. The topological polar surface area (TPSA) is 100 Å². The standard InChI is InChI=1S/C18H24N4O5/c1-2-19-18(25)20-16(23)11-21-7-9-22(10-8-21)17(24)15-12-26-13-5-3-4-6-14(13)27-15/h3-6,15H,2,7-12H2,1H3,(H2,19,20,23,25)/t15-/m0/s1. The van der Waals surface area contributed by atoms with Crippen LogP contribution in [0.15, 0.2) is 24.3 Å². The van der Waals surface area contributed by atoms with E-state index in [2.05, 4.69) is 10.6 Å². The number of nitrogens with one attached hydrogen (secondary N) is 2. The molecule has 27 heavy (non-hydrogen) atoms. The number of ether oxygens (including phenoxy) is 2. The van der Waals surface area contributed by atoms with Crippen LogP contribution in [0.1, 0.15) is 6.92 Å². The molecule has 0 radical (unpaired) electrons. The minimum Gasteiger partial charge on any atom is -0.485 e. The van der Waals surface area contributed by atoms with Gasteiger partial charge in [0.25, 0.3) is 5.91 Å². The van der Waals surface area contributed by atoms with Crippen molar-refractivity contribution in [2.45, 2.75) is 13.0 Å². The van der Waals surface area contributed by atoms with E-state index < -0.39 is 12.1 Å². The average Bonchev–Trinajstić information content (AvgIpc) is 2.67. The van der Waals surface area contributed by atoms with Crippen molar-refractivity contribution < 1.29 is 23.9 Å². The highest BCUT2D eigenvalue weighted by atomic mass is 16.6. The summed E-state index contributed by atoms with van der Waals surface area (Å²) in [4.78, 5) is 39.5. The fourth-order valence-electron chi connectivity index (χ4n) is 3.05. The van der Waals surface area contributed by atoms with Crippen LogP contribution in [0.2, 0.25) is 0 Å².